The molecule has 0 unspecified atom stereocenters. The van der Waals surface area contributed by atoms with Crippen LogP contribution in [0.15, 0.2) is 41.1 Å². The Bertz CT molecular complexity index is 677. The molecule has 20 heavy (non-hydrogen) atoms. The first-order chi connectivity index (χ1) is 9.85. The highest BCUT2D eigenvalue weighted by Crippen LogP contribution is 2.15. The minimum atomic E-state index is 0.0530. The Balaban J connectivity index is 1.73. The molecule has 0 saturated heterocycles. The van der Waals surface area contributed by atoms with Crippen LogP contribution in [0.3, 0.4) is 0 Å². The number of nitrogens with zero attached hydrogens (tertiary/aromatic N) is 5. The van der Waals surface area contributed by atoms with E-state index in [-0.39, 0.29) is 6.61 Å². The zero-order valence-electron chi connectivity index (χ0n) is 10.7. The van der Waals surface area contributed by atoms with Gasteiger partial charge in [0.2, 0.25) is 11.7 Å². The summed E-state index contributed by atoms with van der Waals surface area (Å²) < 4.78 is 6.80. The predicted octanol–water partition coefficient (Wildman–Crippen LogP) is 0.911. The summed E-state index contributed by atoms with van der Waals surface area (Å²) in [7, 11) is 0. The Hall–Kier alpha value is -2.54. The average Bonchev–Trinajstić information content (AvgIpc) is 3.11. The van der Waals surface area contributed by atoms with Gasteiger partial charge in [-0.1, -0.05) is 40.7 Å². The Morgan fingerprint density at radius 1 is 1.20 bits per heavy atom. The number of aliphatic hydroxyl groups excluding tert-OH is 1. The molecule has 0 aliphatic rings. The predicted molar refractivity (Wildman–Crippen MR) is 69.6 cm³/mol. The van der Waals surface area contributed by atoms with E-state index in [9.17, 15) is 0 Å². The molecule has 0 saturated carbocycles. The summed E-state index contributed by atoms with van der Waals surface area (Å²) in [5, 5.41) is 20.6. The topological polar surface area (TPSA) is 89.9 Å². The lowest BCUT2D eigenvalue weighted by Crippen LogP contribution is -2.00. The number of aliphatic hydroxyl groups is 1. The van der Waals surface area contributed by atoms with Crippen molar-refractivity contribution >= 4 is 0 Å². The first-order valence-electron chi connectivity index (χ1n) is 6.23. The van der Waals surface area contributed by atoms with Crippen LogP contribution < -0.4 is 0 Å². The number of benzene rings is 1. The van der Waals surface area contributed by atoms with Crippen molar-refractivity contribution < 1.29 is 9.63 Å². The van der Waals surface area contributed by atoms with E-state index in [4.69, 9.17) is 9.63 Å². The zero-order valence-corrected chi connectivity index (χ0v) is 10.7. The average molecular weight is 271 g/mol. The summed E-state index contributed by atoms with van der Waals surface area (Å²) in [6.07, 6.45) is 2.24. The van der Waals surface area contributed by atoms with Gasteiger partial charge in [0.05, 0.1) is 5.69 Å². The van der Waals surface area contributed by atoms with Gasteiger partial charge in [0.25, 0.3) is 0 Å². The van der Waals surface area contributed by atoms with Gasteiger partial charge >= 0.3 is 0 Å². The maximum Gasteiger partial charge on any atom is 0.248 e. The second kappa shape index (κ2) is 5.62. The standard InChI is InChI=1S/C13H13N5O2/c19-7-6-11-8-18(17-15-11)9-12-14-13(16-20-12)10-4-2-1-3-5-10/h1-5,8,19H,6-7,9H2. The third-order valence-electron chi connectivity index (χ3n) is 2.75. The van der Waals surface area contributed by atoms with Crippen molar-refractivity contribution in [2.24, 2.45) is 0 Å². The normalized spacial score (nSPS) is 10.8. The molecule has 7 heteroatoms. The number of aromatic nitrogens is 5. The maximum absolute atomic E-state index is 8.83. The molecule has 0 aliphatic carbocycles. The third-order valence-corrected chi connectivity index (χ3v) is 2.75. The van der Waals surface area contributed by atoms with Crippen molar-refractivity contribution in [1.29, 1.82) is 0 Å². The third kappa shape index (κ3) is 2.72. The molecule has 0 atom stereocenters. The van der Waals surface area contributed by atoms with Crippen LogP contribution in [0.5, 0.6) is 0 Å². The number of hydrogen-bond donors (Lipinski definition) is 1. The number of rotatable bonds is 5. The highest BCUT2D eigenvalue weighted by molar-refractivity contribution is 5.53. The Morgan fingerprint density at radius 3 is 2.85 bits per heavy atom. The molecule has 0 fully saturated rings. The lowest BCUT2D eigenvalue weighted by atomic mass is 10.2. The molecule has 102 valence electrons. The summed E-state index contributed by atoms with van der Waals surface area (Å²) in [5.41, 5.74) is 1.64. The molecule has 0 amide bonds. The molecule has 2 heterocycles. The smallest absolute Gasteiger partial charge is 0.248 e. The molecule has 0 bridgehead atoms. The molecule has 2 aromatic heterocycles. The van der Waals surface area contributed by atoms with Gasteiger partial charge in [-0.3, -0.25) is 0 Å². The fourth-order valence-corrected chi connectivity index (χ4v) is 1.81. The molecular formula is C13H13N5O2. The van der Waals surface area contributed by atoms with Crippen LogP contribution in [0.4, 0.5) is 0 Å². The Kier molecular flexibility index (Phi) is 3.51. The summed E-state index contributed by atoms with van der Waals surface area (Å²) in [6.45, 7) is 0.412. The quantitative estimate of drug-likeness (QED) is 0.742. The summed E-state index contributed by atoms with van der Waals surface area (Å²) >= 11 is 0. The zero-order chi connectivity index (χ0) is 13.8. The van der Waals surface area contributed by atoms with E-state index in [2.05, 4.69) is 20.5 Å². The molecule has 1 aromatic carbocycles. The molecule has 0 radical (unpaired) electrons. The van der Waals surface area contributed by atoms with Gasteiger partial charge in [0.1, 0.15) is 6.54 Å². The van der Waals surface area contributed by atoms with Crippen molar-refractivity contribution in [3.8, 4) is 11.4 Å². The van der Waals surface area contributed by atoms with E-state index >= 15 is 0 Å². The molecule has 7 nitrogen and oxygen atoms in total. The van der Waals surface area contributed by atoms with Crippen molar-refractivity contribution in [1.82, 2.24) is 25.1 Å². The largest absolute Gasteiger partial charge is 0.396 e. The lowest BCUT2D eigenvalue weighted by molar-refractivity contribution is 0.298. The van der Waals surface area contributed by atoms with Gasteiger partial charge in [-0.2, -0.15) is 4.98 Å². The van der Waals surface area contributed by atoms with Gasteiger partial charge in [0, 0.05) is 24.8 Å². The lowest BCUT2D eigenvalue weighted by Gasteiger charge is -1.93. The monoisotopic (exact) mass is 271 g/mol. The van der Waals surface area contributed by atoms with E-state index in [1.807, 2.05) is 30.3 Å². The Labute approximate surface area is 114 Å². The molecular weight excluding hydrogens is 258 g/mol. The first-order valence-corrected chi connectivity index (χ1v) is 6.23. The van der Waals surface area contributed by atoms with E-state index in [1.54, 1.807) is 10.9 Å². The van der Waals surface area contributed by atoms with Gasteiger partial charge in [-0.05, 0) is 0 Å². The SMILES string of the molecule is OCCc1cn(Cc2nc(-c3ccccc3)no2)nn1. The minimum absolute atomic E-state index is 0.0530. The summed E-state index contributed by atoms with van der Waals surface area (Å²) in [5.74, 6) is 1.01. The van der Waals surface area contributed by atoms with Gasteiger partial charge < -0.3 is 9.63 Å². The summed E-state index contributed by atoms with van der Waals surface area (Å²) in [4.78, 5) is 4.32. The second-order valence-electron chi connectivity index (χ2n) is 4.26. The second-order valence-corrected chi connectivity index (χ2v) is 4.26. The van der Waals surface area contributed by atoms with Crippen LogP contribution in [-0.2, 0) is 13.0 Å². The highest BCUT2D eigenvalue weighted by atomic mass is 16.5. The van der Waals surface area contributed by atoms with Gasteiger partial charge in [0.15, 0.2) is 0 Å². The fraction of sp³-hybridized carbons (Fsp3) is 0.231. The van der Waals surface area contributed by atoms with Crippen LogP contribution in [0.2, 0.25) is 0 Å². The van der Waals surface area contributed by atoms with Crippen LogP contribution >= 0.6 is 0 Å². The van der Waals surface area contributed by atoms with E-state index in [1.165, 1.54) is 0 Å². The van der Waals surface area contributed by atoms with Crippen LogP contribution in [-0.4, -0.2) is 36.8 Å². The van der Waals surface area contributed by atoms with E-state index in [0.717, 1.165) is 11.3 Å². The molecule has 1 N–H and O–H groups in total. The van der Waals surface area contributed by atoms with Crippen molar-refractivity contribution in [2.75, 3.05) is 6.61 Å². The van der Waals surface area contributed by atoms with Crippen molar-refractivity contribution in [2.45, 2.75) is 13.0 Å². The van der Waals surface area contributed by atoms with E-state index in [0.29, 0.717) is 24.7 Å². The molecule has 0 spiro atoms. The minimum Gasteiger partial charge on any atom is -0.396 e. The van der Waals surface area contributed by atoms with Crippen LogP contribution in [0, 0.1) is 0 Å². The van der Waals surface area contributed by atoms with Crippen LogP contribution in [0.25, 0.3) is 11.4 Å². The van der Waals surface area contributed by atoms with Crippen molar-refractivity contribution in [3.63, 3.8) is 0 Å². The first kappa shape index (κ1) is 12.5. The maximum atomic E-state index is 8.83. The van der Waals surface area contributed by atoms with Crippen molar-refractivity contribution in [3.05, 3.63) is 48.1 Å². The molecule has 3 rings (SSSR count). The summed E-state index contributed by atoms with van der Waals surface area (Å²) in [6, 6.07) is 9.61. The van der Waals surface area contributed by atoms with Gasteiger partial charge in [-0.25, -0.2) is 4.68 Å². The Morgan fingerprint density at radius 2 is 2.05 bits per heavy atom. The van der Waals surface area contributed by atoms with Gasteiger partial charge in [-0.15, -0.1) is 5.10 Å². The highest BCUT2D eigenvalue weighted by Gasteiger charge is 2.09. The molecule has 3 aromatic rings. The van der Waals surface area contributed by atoms with Crippen LogP contribution in [0.1, 0.15) is 11.6 Å². The molecule has 0 aliphatic heterocycles. The number of hydrogen-bond acceptors (Lipinski definition) is 6. The van der Waals surface area contributed by atoms with E-state index < -0.39 is 0 Å². The fourth-order valence-electron chi connectivity index (χ4n) is 1.81.